The van der Waals surface area contributed by atoms with E-state index in [-0.39, 0.29) is 23.7 Å². The lowest BCUT2D eigenvalue weighted by molar-refractivity contribution is -0.145. The van der Waals surface area contributed by atoms with Crippen molar-refractivity contribution >= 4 is 29.0 Å². The number of thiocarbonyl (C=S) groups is 1. The van der Waals surface area contributed by atoms with Crippen LogP contribution in [-0.2, 0) is 9.59 Å². The smallest absolute Gasteiger partial charge is 0.233 e. The molecule has 1 heterocycles. The summed E-state index contributed by atoms with van der Waals surface area (Å²) in [6, 6.07) is 0. The second kappa shape index (κ2) is 4.79. The molecule has 1 saturated heterocycles. The Bertz CT molecular complexity index is 446. The van der Waals surface area contributed by atoms with Crippen molar-refractivity contribution in [1.82, 2.24) is 4.90 Å². The van der Waals surface area contributed by atoms with Gasteiger partial charge in [0.25, 0.3) is 0 Å². The molecule has 3 aliphatic rings. The first-order chi connectivity index (χ1) is 9.51. The Balaban J connectivity index is 1.91. The minimum Gasteiger partial charge on any atom is -0.391 e. The zero-order valence-corrected chi connectivity index (χ0v) is 12.7. The molecule has 1 aliphatic heterocycles. The Morgan fingerprint density at radius 1 is 1.25 bits per heavy atom. The van der Waals surface area contributed by atoms with Gasteiger partial charge in [-0.15, -0.1) is 0 Å². The molecule has 0 aromatic rings. The van der Waals surface area contributed by atoms with Crippen LogP contribution in [0.1, 0.15) is 51.9 Å². The molecule has 0 aromatic carbocycles. The second-order valence-corrected chi connectivity index (χ2v) is 7.01. The Morgan fingerprint density at radius 2 is 1.75 bits per heavy atom. The predicted octanol–water partition coefficient (Wildman–Crippen LogP) is 2.01. The number of amides is 2. The Hall–Kier alpha value is -0.970. The molecule has 3 fully saturated rings. The van der Waals surface area contributed by atoms with Crippen molar-refractivity contribution in [3.63, 3.8) is 0 Å². The molecule has 2 saturated carbocycles. The zero-order chi connectivity index (χ0) is 14.5. The summed E-state index contributed by atoms with van der Waals surface area (Å²) in [7, 11) is 0. The molecule has 5 heteroatoms. The fraction of sp³-hybridized carbons (Fsp3) is 0.800. The minimum absolute atomic E-state index is 0.00866. The molecular weight excluding hydrogens is 272 g/mol. The molecular formula is C15H22N2O2S. The summed E-state index contributed by atoms with van der Waals surface area (Å²) in [5.41, 5.74) is 5.27. The molecule has 0 bridgehead atoms. The number of carbonyl (C=O) groups excluding carboxylic acids is 2. The number of hydrogen-bond donors (Lipinski definition) is 1. The molecule has 2 atom stereocenters. The first-order valence-electron chi connectivity index (χ1n) is 7.69. The molecule has 2 amide bonds. The van der Waals surface area contributed by atoms with Gasteiger partial charge in [0.1, 0.15) is 5.54 Å². The highest BCUT2D eigenvalue weighted by Gasteiger charge is 2.59. The molecule has 110 valence electrons. The van der Waals surface area contributed by atoms with E-state index in [2.05, 4.69) is 6.92 Å². The average molecular weight is 294 g/mol. The van der Waals surface area contributed by atoms with Gasteiger partial charge in [0, 0.05) is 0 Å². The second-order valence-electron chi connectivity index (χ2n) is 6.57. The van der Waals surface area contributed by atoms with Crippen LogP contribution in [0.2, 0.25) is 0 Å². The van der Waals surface area contributed by atoms with E-state index < -0.39 is 5.54 Å². The van der Waals surface area contributed by atoms with Crippen LogP contribution in [0.4, 0.5) is 0 Å². The Morgan fingerprint density at radius 3 is 2.15 bits per heavy atom. The molecule has 0 radical (unpaired) electrons. The van der Waals surface area contributed by atoms with E-state index in [9.17, 15) is 9.59 Å². The average Bonchev–Trinajstić information content (AvgIpc) is 3.09. The van der Waals surface area contributed by atoms with E-state index in [4.69, 9.17) is 18.0 Å². The topological polar surface area (TPSA) is 63.4 Å². The zero-order valence-electron chi connectivity index (χ0n) is 11.9. The van der Waals surface area contributed by atoms with Gasteiger partial charge in [-0.1, -0.05) is 38.4 Å². The highest BCUT2D eigenvalue weighted by molar-refractivity contribution is 7.80. The molecule has 2 unspecified atom stereocenters. The van der Waals surface area contributed by atoms with Crippen molar-refractivity contribution in [3.8, 4) is 0 Å². The van der Waals surface area contributed by atoms with E-state index in [0.29, 0.717) is 10.9 Å². The number of hydrogen-bond acceptors (Lipinski definition) is 3. The number of nitrogens with zero attached hydrogens (tertiary/aromatic N) is 1. The van der Waals surface area contributed by atoms with Crippen molar-refractivity contribution in [3.05, 3.63) is 0 Å². The Kier molecular flexibility index (Phi) is 3.35. The lowest BCUT2D eigenvalue weighted by Gasteiger charge is -2.37. The fourth-order valence-electron chi connectivity index (χ4n) is 4.42. The first kappa shape index (κ1) is 14.0. The molecule has 2 aliphatic carbocycles. The summed E-state index contributed by atoms with van der Waals surface area (Å²) in [6.07, 6.45) is 6.23. The van der Waals surface area contributed by atoms with Gasteiger partial charge in [-0.2, -0.15) is 0 Å². The van der Waals surface area contributed by atoms with Gasteiger partial charge in [0.05, 0.1) is 16.8 Å². The number of imide groups is 1. The van der Waals surface area contributed by atoms with Crippen LogP contribution >= 0.6 is 12.2 Å². The van der Waals surface area contributed by atoms with Crippen LogP contribution in [0, 0.1) is 17.8 Å². The van der Waals surface area contributed by atoms with Gasteiger partial charge in [-0.3, -0.25) is 14.5 Å². The minimum atomic E-state index is -0.657. The third kappa shape index (κ3) is 1.75. The van der Waals surface area contributed by atoms with Crippen molar-refractivity contribution in [1.29, 1.82) is 0 Å². The van der Waals surface area contributed by atoms with Crippen molar-refractivity contribution in [2.45, 2.75) is 57.4 Å². The van der Waals surface area contributed by atoms with Gasteiger partial charge >= 0.3 is 0 Å². The maximum Gasteiger partial charge on any atom is 0.233 e. The molecule has 0 aromatic heterocycles. The fourth-order valence-corrected chi connectivity index (χ4v) is 4.72. The summed E-state index contributed by atoms with van der Waals surface area (Å²) >= 11 is 5.22. The van der Waals surface area contributed by atoms with E-state index in [1.165, 1.54) is 4.90 Å². The Labute approximate surface area is 125 Å². The molecule has 4 nitrogen and oxygen atoms in total. The van der Waals surface area contributed by atoms with E-state index >= 15 is 0 Å². The van der Waals surface area contributed by atoms with Gasteiger partial charge in [0.15, 0.2) is 0 Å². The van der Waals surface area contributed by atoms with Gasteiger partial charge in [0.2, 0.25) is 11.8 Å². The lowest BCUT2D eigenvalue weighted by Crippen LogP contribution is -2.58. The number of fused-ring (bicyclic) bond motifs is 1. The third-order valence-corrected chi connectivity index (χ3v) is 6.01. The monoisotopic (exact) mass is 294 g/mol. The highest BCUT2D eigenvalue weighted by Crippen LogP contribution is 2.49. The first-order valence-corrected chi connectivity index (χ1v) is 8.10. The van der Waals surface area contributed by atoms with Crippen molar-refractivity contribution in [2.24, 2.45) is 23.5 Å². The number of carbonyl (C=O) groups is 2. The molecule has 3 rings (SSSR count). The summed E-state index contributed by atoms with van der Waals surface area (Å²) in [5, 5.41) is 0. The van der Waals surface area contributed by atoms with Crippen LogP contribution in [0.3, 0.4) is 0 Å². The maximum absolute atomic E-state index is 12.7. The SMILES string of the molecule is CCC1CC2C(=O)N(C3(C(N)=S)CCCC3)C(=O)C2C1. The summed E-state index contributed by atoms with van der Waals surface area (Å²) in [6.45, 7) is 2.13. The third-order valence-electron chi connectivity index (χ3n) is 5.63. The summed E-state index contributed by atoms with van der Waals surface area (Å²) in [5.74, 6) is 0.277. The highest BCUT2D eigenvalue weighted by atomic mass is 32.1. The maximum atomic E-state index is 12.7. The van der Waals surface area contributed by atoms with Gasteiger partial charge in [-0.25, -0.2) is 0 Å². The lowest BCUT2D eigenvalue weighted by atomic mass is 9.94. The normalized spacial score (nSPS) is 35.6. The van der Waals surface area contributed by atoms with Crippen molar-refractivity contribution in [2.75, 3.05) is 0 Å². The van der Waals surface area contributed by atoms with E-state index in [1.807, 2.05) is 0 Å². The summed E-state index contributed by atoms with van der Waals surface area (Å²) < 4.78 is 0. The number of nitrogens with two attached hydrogens (primary N) is 1. The van der Waals surface area contributed by atoms with Crippen molar-refractivity contribution < 1.29 is 9.59 Å². The largest absolute Gasteiger partial charge is 0.391 e. The van der Waals surface area contributed by atoms with Crippen LogP contribution in [0.5, 0.6) is 0 Å². The predicted molar refractivity (Wildman–Crippen MR) is 79.8 cm³/mol. The van der Waals surface area contributed by atoms with Gasteiger partial charge < -0.3 is 5.73 Å². The van der Waals surface area contributed by atoms with Crippen LogP contribution in [0.15, 0.2) is 0 Å². The molecule has 0 spiro atoms. The number of rotatable bonds is 3. The molecule has 20 heavy (non-hydrogen) atoms. The standard InChI is InChI=1S/C15H22N2O2S/c1-2-9-7-10-11(8-9)13(19)17(12(10)18)15(14(16)20)5-3-4-6-15/h9-11H,2-8H2,1H3,(H2,16,20). The van der Waals surface area contributed by atoms with Crippen LogP contribution in [-0.4, -0.2) is 27.2 Å². The quantitative estimate of drug-likeness (QED) is 0.639. The van der Waals surface area contributed by atoms with Crippen LogP contribution < -0.4 is 5.73 Å². The number of likely N-dealkylation sites (tertiary alicyclic amines) is 1. The van der Waals surface area contributed by atoms with E-state index in [0.717, 1.165) is 44.9 Å². The van der Waals surface area contributed by atoms with Crippen LogP contribution in [0.25, 0.3) is 0 Å². The summed E-state index contributed by atoms with van der Waals surface area (Å²) in [4.78, 5) is 27.3. The van der Waals surface area contributed by atoms with E-state index in [1.54, 1.807) is 0 Å². The molecule has 2 N–H and O–H groups in total. The van der Waals surface area contributed by atoms with Gasteiger partial charge in [-0.05, 0) is 31.6 Å².